The summed E-state index contributed by atoms with van der Waals surface area (Å²) in [4.78, 5) is 0. The molecule has 1 aliphatic rings. The molecule has 1 saturated carbocycles. The molecule has 1 aliphatic carbocycles. The standard InChI is InChI=1S/C18H28O3/c1-12-5-7-15(9-13(12)2)16(19)10-14-6-8-17(20-3)18(11-14)21-4/h6,8,11-13,15-16,19H,5,7,9-10H2,1-4H3. The van der Waals surface area contributed by atoms with Gasteiger partial charge >= 0.3 is 0 Å². The number of ether oxygens (including phenoxy) is 2. The van der Waals surface area contributed by atoms with E-state index in [1.54, 1.807) is 14.2 Å². The number of hydrogen-bond donors (Lipinski definition) is 1. The van der Waals surface area contributed by atoms with Crippen LogP contribution in [0.1, 0.15) is 38.7 Å². The van der Waals surface area contributed by atoms with Crippen LogP contribution in [0.4, 0.5) is 0 Å². The fourth-order valence-electron chi connectivity index (χ4n) is 3.35. The summed E-state index contributed by atoms with van der Waals surface area (Å²) < 4.78 is 10.6. The molecule has 1 N–H and O–H groups in total. The van der Waals surface area contributed by atoms with Crippen molar-refractivity contribution in [1.29, 1.82) is 0 Å². The summed E-state index contributed by atoms with van der Waals surface area (Å²) in [5.74, 6) is 3.38. The van der Waals surface area contributed by atoms with E-state index in [2.05, 4.69) is 13.8 Å². The Balaban J connectivity index is 2.01. The Bertz CT molecular complexity index is 458. The first-order valence-corrected chi connectivity index (χ1v) is 7.94. The third kappa shape index (κ3) is 3.91. The van der Waals surface area contributed by atoms with E-state index < -0.39 is 0 Å². The summed E-state index contributed by atoms with van der Waals surface area (Å²) in [5, 5.41) is 10.5. The van der Waals surface area contributed by atoms with Gasteiger partial charge in [-0.15, -0.1) is 0 Å². The normalized spacial score (nSPS) is 27.2. The highest BCUT2D eigenvalue weighted by atomic mass is 16.5. The van der Waals surface area contributed by atoms with Crippen LogP contribution >= 0.6 is 0 Å². The molecule has 118 valence electrons. The molecule has 4 atom stereocenters. The summed E-state index contributed by atoms with van der Waals surface area (Å²) >= 11 is 0. The van der Waals surface area contributed by atoms with Crippen molar-refractivity contribution in [2.24, 2.45) is 17.8 Å². The first-order valence-electron chi connectivity index (χ1n) is 7.94. The van der Waals surface area contributed by atoms with Crippen LogP contribution in [0.15, 0.2) is 18.2 Å². The zero-order valence-electron chi connectivity index (χ0n) is 13.6. The molecule has 21 heavy (non-hydrogen) atoms. The van der Waals surface area contributed by atoms with E-state index in [4.69, 9.17) is 9.47 Å². The molecule has 0 saturated heterocycles. The Labute approximate surface area is 128 Å². The zero-order chi connectivity index (χ0) is 15.4. The van der Waals surface area contributed by atoms with E-state index in [0.717, 1.165) is 35.8 Å². The van der Waals surface area contributed by atoms with E-state index in [-0.39, 0.29) is 6.10 Å². The molecule has 0 bridgehead atoms. The van der Waals surface area contributed by atoms with Gasteiger partial charge in [-0.3, -0.25) is 0 Å². The molecular formula is C18H28O3. The number of rotatable bonds is 5. The highest BCUT2D eigenvalue weighted by Crippen LogP contribution is 2.36. The van der Waals surface area contributed by atoms with Crippen molar-refractivity contribution in [2.45, 2.75) is 45.6 Å². The smallest absolute Gasteiger partial charge is 0.160 e. The minimum atomic E-state index is -0.266. The van der Waals surface area contributed by atoms with Crippen molar-refractivity contribution in [1.82, 2.24) is 0 Å². The summed E-state index contributed by atoms with van der Waals surface area (Å²) in [6.07, 6.45) is 3.93. The van der Waals surface area contributed by atoms with Gasteiger partial charge < -0.3 is 14.6 Å². The predicted molar refractivity (Wildman–Crippen MR) is 84.9 cm³/mol. The number of hydrogen-bond acceptors (Lipinski definition) is 3. The van der Waals surface area contributed by atoms with Crippen LogP contribution in [-0.2, 0) is 6.42 Å². The molecule has 0 spiro atoms. The minimum Gasteiger partial charge on any atom is -0.493 e. The summed E-state index contributed by atoms with van der Waals surface area (Å²) in [7, 11) is 3.28. The number of methoxy groups -OCH3 is 2. The van der Waals surface area contributed by atoms with Crippen molar-refractivity contribution >= 4 is 0 Å². The SMILES string of the molecule is COc1ccc(CC(O)C2CCC(C)C(C)C2)cc1OC. The average Bonchev–Trinajstić information content (AvgIpc) is 2.49. The summed E-state index contributed by atoms with van der Waals surface area (Å²) in [6, 6.07) is 5.89. The lowest BCUT2D eigenvalue weighted by Crippen LogP contribution is -2.30. The average molecular weight is 292 g/mol. The van der Waals surface area contributed by atoms with Gasteiger partial charge in [0, 0.05) is 0 Å². The van der Waals surface area contributed by atoms with Crippen LogP contribution in [0.2, 0.25) is 0 Å². The van der Waals surface area contributed by atoms with Gasteiger partial charge in [-0.05, 0) is 54.7 Å². The van der Waals surface area contributed by atoms with Crippen LogP contribution in [0.25, 0.3) is 0 Å². The summed E-state index contributed by atoms with van der Waals surface area (Å²) in [6.45, 7) is 4.63. The third-order valence-electron chi connectivity index (χ3n) is 5.08. The van der Waals surface area contributed by atoms with Gasteiger partial charge in [-0.25, -0.2) is 0 Å². The van der Waals surface area contributed by atoms with Gasteiger partial charge in [0.2, 0.25) is 0 Å². The molecule has 0 aromatic heterocycles. The lowest BCUT2D eigenvalue weighted by molar-refractivity contribution is 0.0570. The van der Waals surface area contributed by atoms with E-state index in [1.165, 1.54) is 6.42 Å². The topological polar surface area (TPSA) is 38.7 Å². The molecule has 2 rings (SSSR count). The quantitative estimate of drug-likeness (QED) is 0.899. The molecule has 0 amide bonds. The van der Waals surface area contributed by atoms with E-state index in [0.29, 0.717) is 18.3 Å². The molecular weight excluding hydrogens is 264 g/mol. The first kappa shape index (κ1) is 16.2. The molecule has 4 unspecified atom stereocenters. The van der Waals surface area contributed by atoms with Gasteiger partial charge in [0.15, 0.2) is 11.5 Å². The van der Waals surface area contributed by atoms with Crippen molar-refractivity contribution in [2.75, 3.05) is 14.2 Å². The van der Waals surface area contributed by atoms with E-state index in [9.17, 15) is 5.11 Å². The van der Waals surface area contributed by atoms with Crippen LogP contribution in [0.3, 0.4) is 0 Å². The van der Waals surface area contributed by atoms with E-state index >= 15 is 0 Å². The number of benzene rings is 1. The Kier molecular flexibility index (Phi) is 5.51. The fraction of sp³-hybridized carbons (Fsp3) is 0.667. The van der Waals surface area contributed by atoms with Gasteiger partial charge in [0.1, 0.15) is 0 Å². The van der Waals surface area contributed by atoms with Gasteiger partial charge in [0.05, 0.1) is 20.3 Å². The minimum absolute atomic E-state index is 0.266. The lowest BCUT2D eigenvalue weighted by atomic mass is 9.73. The van der Waals surface area contributed by atoms with Crippen molar-refractivity contribution in [3.05, 3.63) is 23.8 Å². The van der Waals surface area contributed by atoms with Gasteiger partial charge in [-0.1, -0.05) is 26.3 Å². The van der Waals surface area contributed by atoms with E-state index in [1.807, 2.05) is 18.2 Å². The van der Waals surface area contributed by atoms with Crippen molar-refractivity contribution in [3.63, 3.8) is 0 Å². The summed E-state index contributed by atoms with van der Waals surface area (Å²) in [5.41, 5.74) is 1.10. The second-order valence-corrected chi connectivity index (χ2v) is 6.49. The van der Waals surface area contributed by atoms with Gasteiger partial charge in [0.25, 0.3) is 0 Å². The molecule has 1 aromatic rings. The molecule has 3 heteroatoms. The Morgan fingerprint density at radius 1 is 1.10 bits per heavy atom. The molecule has 1 fully saturated rings. The third-order valence-corrected chi connectivity index (χ3v) is 5.08. The monoisotopic (exact) mass is 292 g/mol. The lowest BCUT2D eigenvalue weighted by Gasteiger charge is -2.34. The van der Waals surface area contributed by atoms with Gasteiger partial charge in [-0.2, -0.15) is 0 Å². The predicted octanol–water partition coefficient (Wildman–Crippen LogP) is 3.68. The Hall–Kier alpha value is -1.22. The highest BCUT2D eigenvalue weighted by Gasteiger charge is 2.29. The number of aliphatic hydroxyl groups is 1. The molecule has 0 heterocycles. The zero-order valence-corrected chi connectivity index (χ0v) is 13.6. The second kappa shape index (κ2) is 7.17. The van der Waals surface area contributed by atoms with Crippen LogP contribution < -0.4 is 9.47 Å². The number of aliphatic hydroxyl groups excluding tert-OH is 1. The van der Waals surface area contributed by atoms with Crippen LogP contribution in [-0.4, -0.2) is 25.4 Å². The molecule has 0 radical (unpaired) electrons. The molecule has 1 aromatic carbocycles. The van der Waals surface area contributed by atoms with Crippen LogP contribution in [0.5, 0.6) is 11.5 Å². The largest absolute Gasteiger partial charge is 0.493 e. The molecule has 3 nitrogen and oxygen atoms in total. The Morgan fingerprint density at radius 3 is 2.43 bits per heavy atom. The maximum absolute atomic E-state index is 10.5. The van der Waals surface area contributed by atoms with Crippen molar-refractivity contribution < 1.29 is 14.6 Å². The first-order chi connectivity index (χ1) is 10.0. The highest BCUT2D eigenvalue weighted by molar-refractivity contribution is 5.43. The maximum atomic E-state index is 10.5. The van der Waals surface area contributed by atoms with Crippen LogP contribution in [0, 0.1) is 17.8 Å². The molecule has 0 aliphatic heterocycles. The maximum Gasteiger partial charge on any atom is 0.160 e. The van der Waals surface area contributed by atoms with Crippen molar-refractivity contribution in [3.8, 4) is 11.5 Å². The fourth-order valence-corrected chi connectivity index (χ4v) is 3.35. The Morgan fingerprint density at radius 2 is 1.81 bits per heavy atom. The second-order valence-electron chi connectivity index (χ2n) is 6.49.